The number of halogens is 10. The molecule has 0 saturated heterocycles. The van der Waals surface area contributed by atoms with E-state index in [0.717, 1.165) is 106 Å². The van der Waals surface area contributed by atoms with Crippen LogP contribution in [0.3, 0.4) is 0 Å². The average Bonchev–Trinajstić information content (AvgIpc) is 1.60. The third-order valence-corrected chi connectivity index (χ3v) is 41.6. The molecule has 3 heterocycles. The second-order valence-electron chi connectivity index (χ2n) is 30.0. The molecular weight excluding hydrogens is 2690 g/mol. The van der Waals surface area contributed by atoms with E-state index < -0.39 is 109 Å². The van der Waals surface area contributed by atoms with Crippen LogP contribution in [0.25, 0.3) is 5.41 Å². The second kappa shape index (κ2) is 66.1. The summed E-state index contributed by atoms with van der Waals surface area (Å²) in [5.74, 6) is 0. The van der Waals surface area contributed by atoms with Crippen LogP contribution in [0.4, 0.5) is 0 Å². The molecule has 0 amide bonds. The molecule has 15 rings (SSSR count). The minimum Gasteiger partial charge on any atom is -0.814 e. The van der Waals surface area contributed by atoms with Crippen LogP contribution in [0, 0.1) is 62.5 Å². The van der Waals surface area contributed by atoms with Crippen LogP contribution in [0.5, 0.6) is 0 Å². The standard InChI is InChI=1S/C14H15NO2S.2C13H12INO2S.C13H19NO2S.C10H5BBr8N6.2C7H9NO2S.C7H8.C6H12.C2H4N.4CH4.Cu/c1-12-7-9-14(10-8-12)18(16,17)15-11-13-5-3-2-4-6-13;2*1-11-7-9-13(10-8-11)18(16,17)15-14-12-5-3-2-4-6-12;1-11-7-9-13(10-8-11)17(15,16)14-12-5-3-2-4-6-12;1-2-5(14)20-23(8(2)17)11(24-9(18)3(12)6(15)21-24)25-10(19)4(13)7(16)22-25;2*1-6-2-4-7(5-3-6)11(8,9)10;1-7-5-3-2-4-6-7;1-2-4-6-5-3-1;1-2-3;;;;;/h2-10,15H,11H2,1H3;2*2-10H,1H3;7-10,12,14H,2-6H2,1H3;3,9H,1H3;2*2-5H,1H3,(H2,8,9,10);2-6H,1H3;1-6H2;2H,1H3;4*1H4;/q;;;;;;;;;-1;;;;;+1/t;;;;3-,9+;;;;;;;;;;/m....1........../s1. The Morgan fingerprint density at radius 1 is 0.410 bits per heavy atom. The van der Waals surface area contributed by atoms with Gasteiger partial charge in [0.05, 0.1) is 43.3 Å². The SMILES string of the molecule is C.C.C.C.C1CCCCC1.CC=[N-].Cc1c(Br)nn(B(N2N=C(Br)[C@@H](Br)[C@H]2Br)n2nc(Br)c(Br)c2Br)c1Br.Cc1ccc(S(=O)(=O)N=Ic2ccccc2)cc1.Cc1ccc(S(=O)(=O)N=Ic2ccccc2)cc1.Cc1ccc(S(=O)(=O)NC2CCCCC2)cc1.Cc1ccc(S(=O)(=O)NCc2ccccc2)cc1.Cc1ccc(S(N)(=O)=O)cc1.Cc1ccc(S(N)(=O)=O)cc1.Cc1ccccc1.[Cu+]. The zero-order valence-electron chi connectivity index (χ0n) is 74.9. The minimum absolute atomic E-state index is 0. The van der Waals surface area contributed by atoms with E-state index in [1.54, 1.807) is 125 Å². The van der Waals surface area contributed by atoms with Crippen molar-refractivity contribution in [3.8, 4) is 0 Å². The van der Waals surface area contributed by atoms with Gasteiger partial charge in [-0.25, -0.2) is 59.6 Å². The zero-order chi connectivity index (χ0) is 99.0. The summed E-state index contributed by atoms with van der Waals surface area (Å²) in [6.45, 7) is 17.4. The van der Waals surface area contributed by atoms with Gasteiger partial charge in [0.25, 0.3) is 20.0 Å². The van der Waals surface area contributed by atoms with Crippen molar-refractivity contribution in [1.82, 2.24) is 33.7 Å². The number of nitrogens with two attached hydrogens (primary N) is 2. The molecule has 25 nitrogen and oxygen atoms in total. The first kappa shape index (κ1) is 132. The Hall–Kier alpha value is -5.22. The summed E-state index contributed by atoms with van der Waals surface area (Å²) in [6, 6.07) is 78.9. The fraction of sp³-hybridized carbons (Fsp3) is 0.292. The molecule has 2 saturated carbocycles. The molecule has 0 spiro atoms. The Bertz CT molecular complexity index is 6260. The summed E-state index contributed by atoms with van der Waals surface area (Å²) in [5.41, 5.74) is 9.44. The molecule has 0 unspecified atom stereocenters. The van der Waals surface area contributed by atoms with Gasteiger partial charge in [-0.05, 0) is 266 Å². The number of benzene rings is 10. The van der Waals surface area contributed by atoms with E-state index in [1.807, 2.05) is 175 Å². The van der Waals surface area contributed by atoms with Crippen LogP contribution < -0.4 is 19.7 Å². The summed E-state index contributed by atoms with van der Waals surface area (Å²) >= 11 is 26.8. The van der Waals surface area contributed by atoms with Gasteiger partial charge < -0.3 is 5.41 Å². The third-order valence-electron chi connectivity index (χ3n) is 19.0. The molecule has 43 heteroatoms. The molecular formula is C96H121BBr8CuI2N13O12S6. The van der Waals surface area contributed by atoms with Gasteiger partial charge in [0.15, 0.2) is 0 Å². The zero-order valence-corrected chi connectivity index (χ0v) is 97.7. The molecule has 762 valence electrons. The monoisotopic (exact) mass is 2800 g/mol. The van der Waals surface area contributed by atoms with Gasteiger partial charge in [-0.2, -0.15) is 32.1 Å². The summed E-state index contributed by atoms with van der Waals surface area (Å²) in [5, 5.41) is 31.0. The molecule has 2 fully saturated rings. The number of nitrogens with zero attached hydrogens (tertiary/aromatic N) is 9. The van der Waals surface area contributed by atoms with Crippen molar-refractivity contribution in [1.29, 1.82) is 0 Å². The number of hydrogen-bond donors (Lipinski definition) is 4. The van der Waals surface area contributed by atoms with E-state index in [0.29, 0.717) is 20.9 Å². The normalized spacial score (nSPS) is 13.9. The molecule has 3 aliphatic rings. The molecule has 0 radical (unpaired) electrons. The Labute approximate surface area is 924 Å². The van der Waals surface area contributed by atoms with E-state index in [-0.39, 0.29) is 82.2 Å². The van der Waals surface area contributed by atoms with Gasteiger partial charge >= 0.3 is 24.2 Å². The second-order valence-corrected chi connectivity index (χ2v) is 52.1. The third kappa shape index (κ3) is 47.0. The van der Waals surface area contributed by atoms with Crippen molar-refractivity contribution >= 4 is 248 Å². The number of hydrazone groups is 1. The smallest absolute Gasteiger partial charge is 0.814 e. The quantitative estimate of drug-likeness (QED) is 0.0204. The van der Waals surface area contributed by atoms with Crippen molar-refractivity contribution < 1.29 is 67.6 Å². The van der Waals surface area contributed by atoms with E-state index in [1.165, 1.54) is 74.8 Å². The molecule has 139 heavy (non-hydrogen) atoms. The topological polar surface area (TPSA) is 379 Å². The van der Waals surface area contributed by atoms with Crippen molar-refractivity contribution in [2.45, 2.75) is 214 Å². The molecule has 2 atom stereocenters. The first-order chi connectivity index (χ1) is 63.3. The number of aryl methyl sites for hydroxylation is 7. The number of rotatable bonds is 18. The predicted octanol–water partition coefficient (Wildman–Crippen LogP) is 27.4. The first-order valence-electron chi connectivity index (χ1n) is 41.3. The fourth-order valence-corrected chi connectivity index (χ4v) is 26.2. The van der Waals surface area contributed by atoms with Crippen LogP contribution in [0.15, 0.2) is 329 Å². The number of aromatic nitrogens is 4. The number of primary sulfonamides is 2. The van der Waals surface area contributed by atoms with Crippen LogP contribution in [0.1, 0.15) is 157 Å². The molecule has 1 aliphatic heterocycles. The van der Waals surface area contributed by atoms with Crippen LogP contribution >= 0.6 is 170 Å². The van der Waals surface area contributed by atoms with Crippen molar-refractivity contribution in [3.05, 3.63) is 352 Å². The number of nitrogens with one attached hydrogen (secondary N) is 2. The summed E-state index contributed by atoms with van der Waals surface area (Å²) in [6.07, 6.45) is 15.4. The number of sulfonamides is 6. The van der Waals surface area contributed by atoms with E-state index in [2.05, 4.69) is 176 Å². The Balaban J connectivity index is 0.000000792. The van der Waals surface area contributed by atoms with Crippen LogP contribution in [0.2, 0.25) is 0 Å². The Kier molecular flexibility index (Phi) is 62.7. The van der Waals surface area contributed by atoms with Crippen molar-refractivity contribution in [2.75, 3.05) is 0 Å². The maximum atomic E-state index is 12.1. The first-order valence-corrected chi connectivity index (χ1v) is 61.0. The van der Waals surface area contributed by atoms with Gasteiger partial charge in [-0.1, -0.05) is 335 Å². The predicted molar refractivity (Wildman–Crippen MR) is 614 cm³/mol. The van der Waals surface area contributed by atoms with Gasteiger partial charge in [-0.15, -0.1) is 5.10 Å². The minimum atomic E-state index is -3.52. The molecule has 10 aromatic carbocycles. The van der Waals surface area contributed by atoms with Crippen molar-refractivity contribution in [2.24, 2.45) is 20.5 Å². The molecule has 0 bridgehead atoms. The number of hydrogen-bond acceptors (Lipinski definition) is 16. The van der Waals surface area contributed by atoms with Crippen LogP contribution in [-0.2, 0) is 83.8 Å². The van der Waals surface area contributed by atoms with Gasteiger partial charge in [-0.3, -0.25) is 14.1 Å². The molecule has 2 aromatic heterocycles. The Morgan fingerprint density at radius 2 is 0.698 bits per heavy atom. The van der Waals surface area contributed by atoms with Gasteiger partial charge in [0.1, 0.15) is 23.4 Å². The summed E-state index contributed by atoms with van der Waals surface area (Å²) < 4.78 is 162. The maximum Gasteiger partial charge on any atom is 1.00 e. The maximum absolute atomic E-state index is 12.1. The van der Waals surface area contributed by atoms with Crippen molar-refractivity contribution in [3.63, 3.8) is 0 Å². The van der Waals surface area contributed by atoms with E-state index in [4.69, 9.17) is 15.7 Å². The van der Waals surface area contributed by atoms with Crippen LogP contribution in [-0.4, -0.2) is 109 Å². The van der Waals surface area contributed by atoms with E-state index >= 15 is 0 Å². The van der Waals surface area contributed by atoms with Gasteiger partial charge in [0, 0.05) is 67.4 Å². The fourth-order valence-electron chi connectivity index (χ4n) is 11.6. The largest absolute Gasteiger partial charge is 1.00 e. The molecule has 2 aliphatic carbocycles. The van der Waals surface area contributed by atoms with E-state index in [9.17, 15) is 50.5 Å². The molecule has 12 aromatic rings. The summed E-state index contributed by atoms with van der Waals surface area (Å²) in [4.78, 5) is 3.26. The Morgan fingerprint density at radius 3 is 0.986 bits per heavy atom. The van der Waals surface area contributed by atoms with Gasteiger partial charge in [0.2, 0.25) is 40.1 Å². The number of alkyl halides is 2. The average molecular weight is 2810 g/mol. The summed E-state index contributed by atoms with van der Waals surface area (Å²) in [7, 11) is -21.3. The molecule has 6 N–H and O–H groups in total.